The van der Waals surface area contributed by atoms with Crippen molar-refractivity contribution in [2.45, 2.75) is 38.3 Å². The second-order valence-electron chi connectivity index (χ2n) is 7.43. The molecule has 2 aromatic heterocycles. The van der Waals surface area contributed by atoms with Crippen molar-refractivity contribution in [2.24, 2.45) is 7.05 Å². The van der Waals surface area contributed by atoms with E-state index in [0.29, 0.717) is 17.1 Å². The van der Waals surface area contributed by atoms with Gasteiger partial charge in [0, 0.05) is 36.7 Å². The molecule has 0 saturated carbocycles. The van der Waals surface area contributed by atoms with E-state index in [0.717, 1.165) is 37.8 Å². The summed E-state index contributed by atoms with van der Waals surface area (Å²) in [6.07, 6.45) is 9.90. The molecule has 4 rings (SSSR count). The van der Waals surface area contributed by atoms with Crippen LogP contribution in [0.1, 0.15) is 53.3 Å². The van der Waals surface area contributed by atoms with Crippen molar-refractivity contribution in [3.8, 4) is 0 Å². The Morgan fingerprint density at radius 2 is 2.04 bits per heavy atom. The number of aromatic nitrogens is 3. The number of amides is 1. The Bertz CT molecular complexity index is 961. The number of hydrogen-bond acceptors (Lipinski definition) is 2. The van der Waals surface area contributed by atoms with E-state index in [1.54, 1.807) is 10.9 Å². The molecule has 0 radical (unpaired) electrons. The van der Waals surface area contributed by atoms with Crippen molar-refractivity contribution >= 4 is 17.5 Å². The monoisotopic (exact) mass is 396 g/mol. The van der Waals surface area contributed by atoms with Gasteiger partial charge in [0.05, 0.1) is 24.3 Å². The molecular formula is C22H25ClN4O. The van der Waals surface area contributed by atoms with Gasteiger partial charge in [0.2, 0.25) is 0 Å². The molecule has 0 N–H and O–H groups in total. The molecule has 5 nitrogen and oxygen atoms in total. The Kier molecular flexibility index (Phi) is 5.53. The molecular weight excluding hydrogens is 372 g/mol. The largest absolute Gasteiger partial charge is 0.353 e. The zero-order chi connectivity index (χ0) is 19.5. The summed E-state index contributed by atoms with van der Waals surface area (Å²) in [7, 11) is 2.05. The van der Waals surface area contributed by atoms with Crippen molar-refractivity contribution in [3.05, 3.63) is 76.8 Å². The van der Waals surface area contributed by atoms with Gasteiger partial charge in [-0.15, -0.1) is 0 Å². The molecule has 1 aliphatic heterocycles. The van der Waals surface area contributed by atoms with Gasteiger partial charge in [-0.05, 0) is 36.6 Å². The zero-order valence-corrected chi connectivity index (χ0v) is 16.8. The Hall–Kier alpha value is -2.53. The summed E-state index contributed by atoms with van der Waals surface area (Å²) in [6, 6.07) is 12.0. The Balaban J connectivity index is 1.56. The number of aryl methyl sites for hydroxylation is 1. The normalized spacial score (nSPS) is 17.5. The van der Waals surface area contributed by atoms with Crippen LogP contribution in [0.5, 0.6) is 0 Å². The predicted octanol–water partition coefficient (Wildman–Crippen LogP) is 4.68. The van der Waals surface area contributed by atoms with Gasteiger partial charge in [-0.2, -0.15) is 5.10 Å². The van der Waals surface area contributed by atoms with Crippen molar-refractivity contribution in [1.29, 1.82) is 0 Å². The third kappa shape index (κ3) is 3.85. The average molecular weight is 397 g/mol. The lowest BCUT2D eigenvalue weighted by Crippen LogP contribution is -2.35. The van der Waals surface area contributed by atoms with Gasteiger partial charge in [-0.3, -0.25) is 9.48 Å². The van der Waals surface area contributed by atoms with Crippen LogP contribution in [0.2, 0.25) is 5.02 Å². The van der Waals surface area contributed by atoms with Gasteiger partial charge >= 0.3 is 0 Å². The van der Waals surface area contributed by atoms with Crippen molar-refractivity contribution in [1.82, 2.24) is 19.2 Å². The Morgan fingerprint density at radius 3 is 2.82 bits per heavy atom. The highest BCUT2D eigenvalue weighted by Crippen LogP contribution is 2.31. The van der Waals surface area contributed by atoms with Crippen LogP contribution in [0, 0.1) is 0 Å². The van der Waals surface area contributed by atoms with E-state index in [1.807, 2.05) is 54.7 Å². The highest BCUT2D eigenvalue weighted by atomic mass is 35.5. The molecule has 1 amide bonds. The first-order valence-electron chi connectivity index (χ1n) is 9.81. The van der Waals surface area contributed by atoms with E-state index < -0.39 is 0 Å². The maximum Gasteiger partial charge on any atom is 0.257 e. The van der Waals surface area contributed by atoms with Gasteiger partial charge in [0.15, 0.2) is 0 Å². The highest BCUT2D eigenvalue weighted by Gasteiger charge is 2.29. The van der Waals surface area contributed by atoms with Crippen LogP contribution in [0.15, 0.2) is 55.0 Å². The van der Waals surface area contributed by atoms with E-state index in [4.69, 9.17) is 11.6 Å². The van der Waals surface area contributed by atoms with E-state index in [1.165, 1.54) is 5.69 Å². The van der Waals surface area contributed by atoms with Crippen LogP contribution in [0.3, 0.4) is 0 Å². The molecule has 3 aromatic rings. The summed E-state index contributed by atoms with van der Waals surface area (Å²) in [6.45, 7) is 1.33. The number of nitrogens with zero attached hydrogens (tertiary/aromatic N) is 4. The standard InChI is InChI=1S/C22H25ClN4O/c1-25-12-7-11-20(25)21-10-3-2-6-13-27(21)22(28)18-14-24-26(16-18)15-17-8-4-5-9-19(17)23/h4-5,7-9,11-12,14,16,21H,2-3,6,10,13,15H2,1H3/t21-/m0/s1. The van der Waals surface area contributed by atoms with Crippen LogP contribution < -0.4 is 0 Å². The minimum atomic E-state index is 0.0542. The van der Waals surface area contributed by atoms with Gasteiger partial charge in [-0.25, -0.2) is 0 Å². The molecule has 1 aliphatic rings. The summed E-state index contributed by atoms with van der Waals surface area (Å²) >= 11 is 6.26. The van der Waals surface area contributed by atoms with E-state index >= 15 is 0 Å². The Morgan fingerprint density at radius 1 is 1.18 bits per heavy atom. The Labute approximate surface area is 170 Å². The number of halogens is 1. The fourth-order valence-corrected chi connectivity index (χ4v) is 4.20. The molecule has 3 heterocycles. The number of hydrogen-bond donors (Lipinski definition) is 0. The van der Waals surface area contributed by atoms with Gasteiger partial charge in [0.25, 0.3) is 5.91 Å². The summed E-state index contributed by atoms with van der Waals surface area (Å²) in [5.74, 6) is 0.0542. The third-order valence-electron chi connectivity index (χ3n) is 5.51. The lowest BCUT2D eigenvalue weighted by Gasteiger charge is -2.30. The lowest BCUT2D eigenvalue weighted by atomic mass is 10.1. The van der Waals surface area contributed by atoms with E-state index in [9.17, 15) is 4.79 Å². The number of benzene rings is 1. The molecule has 0 unspecified atom stereocenters. The SMILES string of the molecule is Cn1cccc1[C@@H]1CCCCCN1C(=O)c1cnn(Cc2ccccc2Cl)c1. The number of likely N-dealkylation sites (tertiary alicyclic amines) is 1. The van der Waals surface area contributed by atoms with Gasteiger partial charge in [-0.1, -0.05) is 42.6 Å². The van der Waals surface area contributed by atoms with Crippen LogP contribution in [-0.2, 0) is 13.6 Å². The summed E-state index contributed by atoms with van der Waals surface area (Å²) < 4.78 is 3.90. The molecule has 0 spiro atoms. The van der Waals surface area contributed by atoms with Gasteiger partial charge < -0.3 is 9.47 Å². The predicted molar refractivity (Wildman–Crippen MR) is 110 cm³/mol. The molecule has 1 atom stereocenters. The molecule has 6 heteroatoms. The minimum absolute atomic E-state index is 0.0542. The van der Waals surface area contributed by atoms with Gasteiger partial charge in [0.1, 0.15) is 0 Å². The third-order valence-corrected chi connectivity index (χ3v) is 5.88. The number of carbonyl (C=O) groups is 1. The summed E-state index contributed by atoms with van der Waals surface area (Å²) in [5, 5.41) is 5.11. The molecule has 146 valence electrons. The van der Waals surface area contributed by atoms with Crippen LogP contribution in [-0.4, -0.2) is 31.7 Å². The summed E-state index contributed by atoms with van der Waals surface area (Å²) in [5.41, 5.74) is 2.81. The van der Waals surface area contributed by atoms with E-state index in [-0.39, 0.29) is 11.9 Å². The van der Waals surface area contributed by atoms with E-state index in [2.05, 4.69) is 15.7 Å². The highest BCUT2D eigenvalue weighted by molar-refractivity contribution is 6.31. The molecule has 1 saturated heterocycles. The quantitative estimate of drug-likeness (QED) is 0.642. The fourth-order valence-electron chi connectivity index (χ4n) is 4.01. The van der Waals surface area contributed by atoms with Crippen molar-refractivity contribution < 1.29 is 4.79 Å². The van der Waals surface area contributed by atoms with Crippen LogP contribution in [0.25, 0.3) is 0 Å². The van der Waals surface area contributed by atoms with Crippen molar-refractivity contribution in [2.75, 3.05) is 6.54 Å². The molecule has 1 fully saturated rings. The topological polar surface area (TPSA) is 43.1 Å². The molecule has 0 bridgehead atoms. The van der Waals surface area contributed by atoms with Crippen molar-refractivity contribution in [3.63, 3.8) is 0 Å². The number of rotatable bonds is 4. The second-order valence-corrected chi connectivity index (χ2v) is 7.83. The smallest absolute Gasteiger partial charge is 0.257 e. The second kappa shape index (κ2) is 8.23. The van der Waals surface area contributed by atoms with Crippen LogP contribution >= 0.6 is 11.6 Å². The fraction of sp³-hybridized carbons (Fsp3) is 0.364. The summed E-state index contributed by atoms with van der Waals surface area (Å²) in [4.78, 5) is 15.4. The first-order valence-corrected chi connectivity index (χ1v) is 10.2. The lowest BCUT2D eigenvalue weighted by molar-refractivity contribution is 0.0674. The first kappa shape index (κ1) is 18.8. The zero-order valence-electron chi connectivity index (χ0n) is 16.1. The van der Waals surface area contributed by atoms with Crippen LogP contribution in [0.4, 0.5) is 0 Å². The molecule has 0 aliphatic carbocycles. The molecule has 1 aromatic carbocycles. The minimum Gasteiger partial charge on any atom is -0.353 e. The first-order chi connectivity index (χ1) is 13.6. The molecule has 28 heavy (non-hydrogen) atoms. The average Bonchev–Trinajstić information content (AvgIpc) is 3.26. The number of carbonyl (C=O) groups excluding carboxylic acids is 1. The maximum absolute atomic E-state index is 13.3. The maximum atomic E-state index is 13.3.